The molecular weight excluding hydrogens is 484 g/mol. The predicted octanol–water partition coefficient (Wildman–Crippen LogP) is 6.02. The highest BCUT2D eigenvalue weighted by atomic mass is 32.2. The first-order chi connectivity index (χ1) is 16.9. The fourth-order valence-corrected chi connectivity index (χ4v) is 7.84. The SMILES string of the molecule is CCCc1c(OCCCSCC2COC3(CCCC(CC(=O)OCC)C3)S2)ccc(C(C)=O)c1O. The van der Waals surface area contributed by atoms with Gasteiger partial charge in [0.15, 0.2) is 5.78 Å². The van der Waals surface area contributed by atoms with Crippen LogP contribution in [0.4, 0.5) is 0 Å². The number of benzene rings is 1. The second kappa shape index (κ2) is 13.8. The molecule has 3 unspecified atom stereocenters. The van der Waals surface area contributed by atoms with Gasteiger partial charge in [-0.3, -0.25) is 9.59 Å². The summed E-state index contributed by atoms with van der Waals surface area (Å²) in [7, 11) is 0. The van der Waals surface area contributed by atoms with Crippen LogP contribution in [-0.4, -0.2) is 58.4 Å². The van der Waals surface area contributed by atoms with Gasteiger partial charge >= 0.3 is 5.97 Å². The van der Waals surface area contributed by atoms with Crippen LogP contribution >= 0.6 is 23.5 Å². The van der Waals surface area contributed by atoms with Gasteiger partial charge in [0, 0.05) is 23.0 Å². The summed E-state index contributed by atoms with van der Waals surface area (Å²) >= 11 is 3.90. The lowest BCUT2D eigenvalue weighted by Crippen LogP contribution is -2.33. The molecule has 1 aromatic carbocycles. The van der Waals surface area contributed by atoms with Gasteiger partial charge in [0.2, 0.25) is 0 Å². The maximum absolute atomic E-state index is 11.9. The lowest BCUT2D eigenvalue weighted by Gasteiger charge is -2.36. The van der Waals surface area contributed by atoms with Gasteiger partial charge in [-0.05, 0) is 76.2 Å². The van der Waals surface area contributed by atoms with E-state index in [4.69, 9.17) is 14.2 Å². The molecule has 1 saturated heterocycles. The third kappa shape index (κ3) is 8.05. The summed E-state index contributed by atoms with van der Waals surface area (Å²) in [6.07, 6.45) is 7.18. The van der Waals surface area contributed by atoms with Gasteiger partial charge in [-0.1, -0.05) is 13.3 Å². The maximum Gasteiger partial charge on any atom is 0.306 e. The molecule has 6 nitrogen and oxygen atoms in total. The van der Waals surface area contributed by atoms with Crippen molar-refractivity contribution in [2.24, 2.45) is 5.92 Å². The van der Waals surface area contributed by atoms with Crippen molar-refractivity contribution in [3.05, 3.63) is 23.3 Å². The first kappa shape index (κ1) is 28.2. The highest BCUT2D eigenvalue weighted by Crippen LogP contribution is 2.50. The number of Topliss-reactive ketones (excluding diaryl/α,β-unsaturated/α-hetero) is 1. The van der Waals surface area contributed by atoms with Crippen LogP contribution in [0.3, 0.4) is 0 Å². The van der Waals surface area contributed by atoms with E-state index in [0.29, 0.717) is 48.5 Å². The summed E-state index contributed by atoms with van der Waals surface area (Å²) < 4.78 is 17.4. The van der Waals surface area contributed by atoms with E-state index in [1.54, 1.807) is 12.1 Å². The standard InChI is InChI=1S/C27H40O6S2/c1-4-8-23-24(11-10-22(19(3)28)26(23)30)32-13-7-14-34-18-21-17-33-27(35-21)12-6-9-20(16-27)15-25(29)31-5-2/h10-11,20-21,30H,4-9,12-18H2,1-3H3. The Kier molecular flexibility index (Phi) is 11.1. The summed E-state index contributed by atoms with van der Waals surface area (Å²) in [6.45, 7) is 7.17. The number of carbonyl (C=O) groups excluding carboxylic acids is 2. The van der Waals surface area contributed by atoms with Crippen molar-refractivity contribution >= 4 is 35.3 Å². The average Bonchev–Trinajstić information content (AvgIpc) is 3.19. The van der Waals surface area contributed by atoms with E-state index in [1.165, 1.54) is 6.92 Å². The Morgan fingerprint density at radius 2 is 2.14 bits per heavy atom. The fraction of sp³-hybridized carbons (Fsp3) is 0.704. The van der Waals surface area contributed by atoms with Crippen LogP contribution in [0.1, 0.15) is 81.6 Å². The van der Waals surface area contributed by atoms with E-state index in [9.17, 15) is 14.7 Å². The Labute approximate surface area is 218 Å². The molecule has 3 atom stereocenters. The van der Waals surface area contributed by atoms with Gasteiger partial charge in [0.05, 0.1) is 25.4 Å². The number of rotatable bonds is 13. The Balaban J connectivity index is 1.37. The van der Waals surface area contributed by atoms with Crippen molar-refractivity contribution in [2.75, 3.05) is 31.3 Å². The van der Waals surface area contributed by atoms with Crippen molar-refractivity contribution in [3.63, 3.8) is 0 Å². The van der Waals surface area contributed by atoms with Gasteiger partial charge in [0.25, 0.3) is 0 Å². The second-order valence-electron chi connectivity index (χ2n) is 9.45. The number of carbonyl (C=O) groups is 2. The first-order valence-electron chi connectivity index (χ1n) is 12.9. The van der Waals surface area contributed by atoms with E-state index >= 15 is 0 Å². The molecule has 2 aliphatic rings. The predicted molar refractivity (Wildman–Crippen MR) is 143 cm³/mol. The average molecular weight is 525 g/mol. The number of hydrogen-bond acceptors (Lipinski definition) is 8. The zero-order valence-electron chi connectivity index (χ0n) is 21.3. The number of phenolic OH excluding ortho intramolecular Hbond substituents is 1. The lowest BCUT2D eigenvalue weighted by atomic mass is 9.84. The molecule has 1 heterocycles. The largest absolute Gasteiger partial charge is 0.507 e. The minimum Gasteiger partial charge on any atom is -0.507 e. The Hall–Kier alpha value is -1.38. The molecule has 1 aliphatic heterocycles. The van der Waals surface area contributed by atoms with Gasteiger partial charge < -0.3 is 19.3 Å². The molecule has 0 amide bonds. The Morgan fingerprint density at radius 1 is 1.31 bits per heavy atom. The number of phenols is 1. The third-order valence-corrected chi connectivity index (χ3v) is 9.54. The summed E-state index contributed by atoms with van der Waals surface area (Å²) in [5, 5.41) is 11.0. The zero-order valence-corrected chi connectivity index (χ0v) is 22.9. The first-order valence-corrected chi connectivity index (χ1v) is 14.9. The van der Waals surface area contributed by atoms with Crippen molar-refractivity contribution in [2.45, 2.75) is 82.3 Å². The molecule has 35 heavy (non-hydrogen) atoms. The third-order valence-electron chi connectivity index (χ3n) is 6.56. The smallest absolute Gasteiger partial charge is 0.306 e. The molecule has 1 spiro atoms. The molecule has 2 fully saturated rings. The Morgan fingerprint density at radius 3 is 2.89 bits per heavy atom. The normalized spacial score (nSPS) is 24.0. The second-order valence-corrected chi connectivity index (χ2v) is 12.3. The molecule has 0 radical (unpaired) electrons. The van der Waals surface area contributed by atoms with Crippen LogP contribution in [0, 0.1) is 5.92 Å². The van der Waals surface area contributed by atoms with Crippen LogP contribution in [-0.2, 0) is 20.7 Å². The van der Waals surface area contributed by atoms with E-state index in [-0.39, 0.29) is 22.4 Å². The van der Waals surface area contributed by atoms with Crippen molar-refractivity contribution < 1.29 is 28.9 Å². The number of ketones is 1. The number of hydrogen-bond donors (Lipinski definition) is 1. The highest BCUT2D eigenvalue weighted by Gasteiger charge is 2.44. The zero-order chi connectivity index (χ0) is 25.3. The Bertz CT molecular complexity index is 860. The molecule has 8 heteroatoms. The lowest BCUT2D eigenvalue weighted by molar-refractivity contribution is -0.145. The van der Waals surface area contributed by atoms with Crippen LogP contribution in [0.25, 0.3) is 0 Å². The van der Waals surface area contributed by atoms with Gasteiger partial charge in [-0.2, -0.15) is 11.8 Å². The number of thioether (sulfide) groups is 2. The monoisotopic (exact) mass is 524 g/mol. The van der Waals surface area contributed by atoms with Crippen molar-refractivity contribution in [1.29, 1.82) is 0 Å². The van der Waals surface area contributed by atoms with Gasteiger partial charge in [-0.15, -0.1) is 11.8 Å². The number of ether oxygens (including phenoxy) is 3. The highest BCUT2D eigenvalue weighted by molar-refractivity contribution is 8.04. The minimum atomic E-state index is -0.138. The van der Waals surface area contributed by atoms with E-state index in [2.05, 4.69) is 0 Å². The molecule has 0 aromatic heterocycles. The summed E-state index contributed by atoms with van der Waals surface area (Å²) in [4.78, 5) is 23.5. The van der Waals surface area contributed by atoms with E-state index in [0.717, 1.165) is 62.2 Å². The fourth-order valence-electron chi connectivity index (χ4n) is 4.96. The molecule has 196 valence electrons. The summed E-state index contributed by atoms with van der Waals surface area (Å²) in [5.74, 6) is 2.92. The van der Waals surface area contributed by atoms with E-state index < -0.39 is 0 Å². The van der Waals surface area contributed by atoms with Crippen LogP contribution in [0.2, 0.25) is 0 Å². The van der Waals surface area contributed by atoms with Crippen LogP contribution < -0.4 is 4.74 Å². The van der Waals surface area contributed by atoms with Gasteiger partial charge in [0.1, 0.15) is 16.4 Å². The molecule has 0 bridgehead atoms. The maximum atomic E-state index is 11.9. The summed E-state index contributed by atoms with van der Waals surface area (Å²) in [5.41, 5.74) is 1.09. The van der Waals surface area contributed by atoms with Gasteiger partial charge in [-0.25, -0.2) is 0 Å². The minimum absolute atomic E-state index is 0.0608. The van der Waals surface area contributed by atoms with Crippen molar-refractivity contribution in [1.82, 2.24) is 0 Å². The number of aromatic hydroxyl groups is 1. The molecule has 1 aromatic rings. The topological polar surface area (TPSA) is 82.1 Å². The van der Waals surface area contributed by atoms with Crippen LogP contribution in [0.15, 0.2) is 12.1 Å². The van der Waals surface area contributed by atoms with E-state index in [1.807, 2.05) is 37.4 Å². The van der Waals surface area contributed by atoms with Crippen molar-refractivity contribution in [3.8, 4) is 11.5 Å². The summed E-state index contributed by atoms with van der Waals surface area (Å²) in [6, 6.07) is 3.45. The quantitative estimate of drug-likeness (QED) is 0.191. The molecule has 1 saturated carbocycles. The number of esters is 1. The molecule has 3 rings (SSSR count). The molecule has 1 N–H and O–H groups in total. The van der Waals surface area contributed by atoms with Crippen LogP contribution in [0.5, 0.6) is 11.5 Å². The molecular formula is C27H40O6S2. The molecule has 1 aliphatic carbocycles.